The maximum Gasteiger partial charge on any atom is 0.164 e. The van der Waals surface area contributed by atoms with Gasteiger partial charge in [0, 0.05) is 11.1 Å². The Labute approximate surface area is 125 Å². The van der Waals surface area contributed by atoms with Gasteiger partial charge in [-0.15, -0.1) is 0 Å². The molecular formula is C18H22O3. The predicted molar refractivity (Wildman–Crippen MR) is 85.0 cm³/mol. The maximum absolute atomic E-state index is 10.5. The van der Waals surface area contributed by atoms with Crippen LogP contribution in [-0.4, -0.2) is 15.3 Å². The number of phenolic OH excluding ortho intramolecular Hbond substituents is 3. The second-order valence-corrected chi connectivity index (χ2v) is 5.13. The molecule has 0 spiro atoms. The van der Waals surface area contributed by atoms with E-state index in [1.54, 1.807) is 0 Å². The van der Waals surface area contributed by atoms with Crippen molar-refractivity contribution in [3.8, 4) is 28.4 Å². The van der Waals surface area contributed by atoms with Gasteiger partial charge < -0.3 is 15.3 Å². The molecule has 3 nitrogen and oxygen atoms in total. The summed E-state index contributed by atoms with van der Waals surface area (Å²) in [6.45, 7) is 5.97. The lowest BCUT2D eigenvalue weighted by Crippen LogP contribution is -1.96. The van der Waals surface area contributed by atoms with Crippen LogP contribution >= 0.6 is 0 Å². The minimum atomic E-state index is -0.231. The van der Waals surface area contributed by atoms with E-state index in [1.165, 1.54) is 6.07 Å². The number of hydrogen-bond donors (Lipinski definition) is 3. The van der Waals surface area contributed by atoms with Gasteiger partial charge in [-0.1, -0.05) is 39.0 Å². The smallest absolute Gasteiger partial charge is 0.164 e. The second-order valence-electron chi connectivity index (χ2n) is 5.13. The second kappa shape index (κ2) is 6.08. The van der Waals surface area contributed by atoms with Crippen molar-refractivity contribution < 1.29 is 15.3 Å². The molecule has 2 aromatic rings. The van der Waals surface area contributed by atoms with Crippen molar-refractivity contribution in [2.75, 3.05) is 0 Å². The summed E-state index contributed by atoms with van der Waals surface area (Å²) in [5.41, 5.74) is 4.19. The van der Waals surface area contributed by atoms with Crippen LogP contribution in [0, 0.1) is 0 Å². The monoisotopic (exact) mass is 286 g/mol. The van der Waals surface area contributed by atoms with Crippen LogP contribution in [0.25, 0.3) is 11.1 Å². The fourth-order valence-electron chi connectivity index (χ4n) is 2.82. The molecule has 0 aromatic heterocycles. The highest BCUT2D eigenvalue weighted by Gasteiger charge is 2.20. The van der Waals surface area contributed by atoms with Gasteiger partial charge >= 0.3 is 0 Å². The quantitative estimate of drug-likeness (QED) is 0.584. The molecule has 112 valence electrons. The van der Waals surface area contributed by atoms with E-state index >= 15 is 0 Å². The third-order valence-corrected chi connectivity index (χ3v) is 3.97. The van der Waals surface area contributed by atoms with Gasteiger partial charge in [-0.25, -0.2) is 0 Å². The number of hydrogen-bond acceptors (Lipinski definition) is 3. The molecule has 2 rings (SSSR count). The normalized spacial score (nSPS) is 10.8. The number of benzene rings is 2. The van der Waals surface area contributed by atoms with Crippen molar-refractivity contribution in [1.82, 2.24) is 0 Å². The zero-order chi connectivity index (χ0) is 15.6. The van der Waals surface area contributed by atoms with Gasteiger partial charge in [0.25, 0.3) is 0 Å². The molecule has 0 saturated carbocycles. The molecule has 0 atom stereocenters. The van der Waals surface area contributed by atoms with Crippen molar-refractivity contribution in [3.63, 3.8) is 0 Å². The zero-order valence-electron chi connectivity index (χ0n) is 12.8. The third kappa shape index (κ3) is 2.56. The van der Waals surface area contributed by atoms with Crippen LogP contribution in [0.4, 0.5) is 0 Å². The van der Waals surface area contributed by atoms with Crippen LogP contribution in [0.3, 0.4) is 0 Å². The summed E-state index contributed by atoms with van der Waals surface area (Å²) >= 11 is 0. The molecular weight excluding hydrogens is 264 g/mol. The van der Waals surface area contributed by atoms with E-state index in [1.807, 2.05) is 25.1 Å². The molecule has 0 unspecified atom stereocenters. The number of rotatable bonds is 4. The largest absolute Gasteiger partial charge is 0.507 e. The molecule has 0 radical (unpaired) electrons. The summed E-state index contributed by atoms with van der Waals surface area (Å²) in [6, 6.07) is 7.53. The predicted octanol–water partition coefficient (Wildman–Crippen LogP) is 4.16. The highest BCUT2D eigenvalue weighted by molar-refractivity contribution is 5.80. The summed E-state index contributed by atoms with van der Waals surface area (Å²) < 4.78 is 0. The van der Waals surface area contributed by atoms with Gasteiger partial charge in [-0.2, -0.15) is 0 Å². The summed E-state index contributed by atoms with van der Waals surface area (Å²) in [5.74, 6) is -0.359. The molecule has 0 aliphatic heterocycles. The molecule has 0 saturated heterocycles. The first-order valence-electron chi connectivity index (χ1n) is 7.42. The Morgan fingerprint density at radius 2 is 1.38 bits per heavy atom. The molecule has 3 heteroatoms. The van der Waals surface area contributed by atoms with Gasteiger partial charge in [0.05, 0.1) is 0 Å². The Morgan fingerprint density at radius 1 is 0.810 bits per heavy atom. The first-order chi connectivity index (χ1) is 10.0. The third-order valence-electron chi connectivity index (χ3n) is 3.97. The molecule has 0 aliphatic rings. The summed E-state index contributed by atoms with van der Waals surface area (Å²) in [6.07, 6.45) is 2.13. The fraction of sp³-hybridized carbons (Fsp3) is 0.333. The lowest BCUT2D eigenvalue weighted by atomic mass is 9.89. The topological polar surface area (TPSA) is 60.7 Å². The molecule has 21 heavy (non-hydrogen) atoms. The first kappa shape index (κ1) is 15.2. The van der Waals surface area contributed by atoms with E-state index in [2.05, 4.69) is 13.8 Å². The Balaban J connectivity index is 2.82. The van der Waals surface area contributed by atoms with Gasteiger partial charge in [0.1, 0.15) is 5.75 Å². The van der Waals surface area contributed by atoms with Gasteiger partial charge in [-0.3, -0.25) is 0 Å². The average Bonchev–Trinajstić information content (AvgIpc) is 2.50. The van der Waals surface area contributed by atoms with Crippen molar-refractivity contribution in [3.05, 3.63) is 41.0 Å². The van der Waals surface area contributed by atoms with E-state index in [4.69, 9.17) is 0 Å². The molecule has 0 heterocycles. The van der Waals surface area contributed by atoms with E-state index in [-0.39, 0.29) is 17.2 Å². The summed E-state index contributed by atoms with van der Waals surface area (Å²) in [4.78, 5) is 0. The highest BCUT2D eigenvalue weighted by Crippen LogP contribution is 2.45. The minimum absolute atomic E-state index is 0.0587. The fourth-order valence-corrected chi connectivity index (χ4v) is 2.82. The highest BCUT2D eigenvalue weighted by atomic mass is 16.3. The lowest BCUT2D eigenvalue weighted by molar-refractivity contribution is 0.391. The van der Waals surface area contributed by atoms with Crippen molar-refractivity contribution in [1.29, 1.82) is 0 Å². The molecule has 2 aromatic carbocycles. The van der Waals surface area contributed by atoms with Gasteiger partial charge in [-0.05, 0) is 42.0 Å². The van der Waals surface area contributed by atoms with Gasteiger partial charge in [0.15, 0.2) is 11.5 Å². The van der Waals surface area contributed by atoms with E-state index in [0.717, 1.165) is 29.5 Å². The summed E-state index contributed by atoms with van der Waals surface area (Å²) in [5, 5.41) is 30.4. The van der Waals surface area contributed by atoms with E-state index in [9.17, 15) is 15.3 Å². The molecule has 0 aliphatic carbocycles. The first-order valence-corrected chi connectivity index (χ1v) is 7.42. The van der Waals surface area contributed by atoms with Crippen LogP contribution in [0.15, 0.2) is 24.3 Å². The van der Waals surface area contributed by atoms with Crippen molar-refractivity contribution in [2.45, 2.75) is 40.0 Å². The Bertz CT molecular complexity index is 638. The Kier molecular flexibility index (Phi) is 4.41. The van der Waals surface area contributed by atoms with Crippen LogP contribution < -0.4 is 0 Å². The Hall–Kier alpha value is -2.16. The van der Waals surface area contributed by atoms with Crippen LogP contribution in [0.2, 0.25) is 0 Å². The Morgan fingerprint density at radius 3 is 1.86 bits per heavy atom. The average molecular weight is 286 g/mol. The molecule has 3 N–H and O–H groups in total. The SMILES string of the molecule is CCc1cccc(CC)c1-c1cc(O)c(O)c(CC)c1O. The molecule has 0 fully saturated rings. The van der Waals surface area contributed by atoms with Crippen molar-refractivity contribution in [2.24, 2.45) is 0 Å². The lowest BCUT2D eigenvalue weighted by Gasteiger charge is -2.17. The molecule has 0 bridgehead atoms. The van der Waals surface area contributed by atoms with Crippen LogP contribution in [0.5, 0.6) is 17.2 Å². The number of aryl methyl sites for hydroxylation is 2. The minimum Gasteiger partial charge on any atom is -0.507 e. The number of aromatic hydroxyl groups is 3. The maximum atomic E-state index is 10.5. The van der Waals surface area contributed by atoms with E-state index in [0.29, 0.717) is 17.5 Å². The summed E-state index contributed by atoms with van der Waals surface area (Å²) in [7, 11) is 0. The number of phenols is 3. The standard InChI is InChI=1S/C18H22O3/c1-4-11-8-7-9-12(5-2)16(11)14-10-15(19)18(21)13(6-3)17(14)20/h7-10,19-21H,4-6H2,1-3H3. The van der Waals surface area contributed by atoms with E-state index < -0.39 is 0 Å². The zero-order valence-corrected chi connectivity index (χ0v) is 12.8. The van der Waals surface area contributed by atoms with Gasteiger partial charge in [0.2, 0.25) is 0 Å². The van der Waals surface area contributed by atoms with Crippen LogP contribution in [-0.2, 0) is 19.3 Å². The van der Waals surface area contributed by atoms with Crippen LogP contribution in [0.1, 0.15) is 37.5 Å². The van der Waals surface area contributed by atoms with Crippen molar-refractivity contribution >= 4 is 0 Å². The molecule has 0 amide bonds.